The monoisotopic (exact) mass is 310 g/mol. The Morgan fingerprint density at radius 2 is 1.36 bits per heavy atom. The van der Waals surface area contributed by atoms with Crippen molar-refractivity contribution in [2.75, 3.05) is 6.61 Å². The van der Waals surface area contributed by atoms with E-state index in [-0.39, 0.29) is 18.8 Å². The van der Waals surface area contributed by atoms with Crippen LogP contribution in [0.25, 0.3) is 0 Å². The first-order valence-corrected chi connectivity index (χ1v) is 9.04. The smallest absolute Gasteiger partial charge is 0.306 e. The minimum absolute atomic E-state index is 0.00259. The van der Waals surface area contributed by atoms with Crippen LogP contribution in [-0.2, 0) is 14.3 Å². The van der Waals surface area contributed by atoms with Crippen LogP contribution in [0.1, 0.15) is 77.0 Å². The van der Waals surface area contributed by atoms with Crippen molar-refractivity contribution >= 4 is 11.9 Å². The van der Waals surface area contributed by atoms with Crippen molar-refractivity contribution in [2.24, 2.45) is 17.8 Å². The predicted octanol–water partition coefficient (Wildman–Crippen LogP) is 4.17. The Kier molecular flexibility index (Phi) is 7.20. The van der Waals surface area contributed by atoms with Crippen molar-refractivity contribution in [2.45, 2.75) is 77.0 Å². The van der Waals surface area contributed by atoms with Crippen LogP contribution < -0.4 is 0 Å². The standard InChI is InChI=1S/C18H30O4/c19-17(20)11-12-18(21)22-13-16(14-7-3-1-4-8-14)15-9-5-2-6-10-15/h14-16H,1-13H2,(H,19,20). The van der Waals surface area contributed by atoms with Gasteiger partial charge in [-0.2, -0.15) is 0 Å². The molecule has 2 fully saturated rings. The summed E-state index contributed by atoms with van der Waals surface area (Å²) >= 11 is 0. The highest BCUT2D eigenvalue weighted by Gasteiger charge is 2.32. The zero-order valence-electron chi connectivity index (χ0n) is 13.6. The molecular weight excluding hydrogens is 280 g/mol. The van der Waals surface area contributed by atoms with Crippen molar-refractivity contribution in [1.29, 1.82) is 0 Å². The quantitative estimate of drug-likeness (QED) is 0.717. The summed E-state index contributed by atoms with van der Waals surface area (Å²) in [6.45, 7) is 0.508. The molecule has 0 aromatic rings. The summed E-state index contributed by atoms with van der Waals surface area (Å²) in [4.78, 5) is 22.3. The Morgan fingerprint density at radius 3 is 1.82 bits per heavy atom. The lowest BCUT2D eigenvalue weighted by Gasteiger charge is -2.37. The molecule has 0 radical (unpaired) electrons. The van der Waals surface area contributed by atoms with Crippen molar-refractivity contribution in [3.8, 4) is 0 Å². The maximum absolute atomic E-state index is 11.7. The molecule has 126 valence electrons. The molecule has 2 saturated carbocycles. The van der Waals surface area contributed by atoms with E-state index in [1.807, 2.05) is 0 Å². The predicted molar refractivity (Wildman–Crippen MR) is 84.5 cm³/mol. The third-order valence-electron chi connectivity index (χ3n) is 5.49. The van der Waals surface area contributed by atoms with Gasteiger partial charge in [0, 0.05) is 0 Å². The molecule has 2 rings (SSSR count). The van der Waals surface area contributed by atoms with Crippen molar-refractivity contribution in [3.63, 3.8) is 0 Å². The SMILES string of the molecule is O=C(O)CCC(=O)OCC(C1CCCCC1)C1CCCCC1. The van der Waals surface area contributed by atoms with E-state index in [1.54, 1.807) is 0 Å². The third kappa shape index (κ3) is 5.62. The Bertz CT molecular complexity index is 336. The molecule has 0 bridgehead atoms. The number of carbonyl (C=O) groups is 2. The van der Waals surface area contributed by atoms with E-state index in [4.69, 9.17) is 9.84 Å². The van der Waals surface area contributed by atoms with Crippen LogP contribution in [0, 0.1) is 17.8 Å². The van der Waals surface area contributed by atoms with Crippen LogP contribution in [0.5, 0.6) is 0 Å². The van der Waals surface area contributed by atoms with Gasteiger partial charge in [-0.3, -0.25) is 9.59 Å². The molecule has 0 amide bonds. The number of hydrogen-bond donors (Lipinski definition) is 1. The van der Waals surface area contributed by atoms with E-state index in [9.17, 15) is 9.59 Å². The molecule has 1 N–H and O–H groups in total. The second kappa shape index (κ2) is 9.16. The molecule has 4 heteroatoms. The van der Waals surface area contributed by atoms with E-state index < -0.39 is 5.97 Å². The first kappa shape index (κ1) is 17.3. The molecule has 2 aliphatic carbocycles. The van der Waals surface area contributed by atoms with Crippen molar-refractivity contribution in [1.82, 2.24) is 0 Å². The van der Waals surface area contributed by atoms with Crippen molar-refractivity contribution in [3.05, 3.63) is 0 Å². The van der Waals surface area contributed by atoms with Gasteiger partial charge in [0.2, 0.25) is 0 Å². The lowest BCUT2D eigenvalue weighted by molar-refractivity contribution is -0.150. The first-order valence-electron chi connectivity index (χ1n) is 9.04. The van der Waals surface area contributed by atoms with E-state index in [2.05, 4.69) is 0 Å². The maximum Gasteiger partial charge on any atom is 0.306 e. The highest BCUT2D eigenvalue weighted by atomic mass is 16.5. The number of hydrogen-bond acceptors (Lipinski definition) is 3. The molecule has 0 aromatic carbocycles. The Labute approximate surface area is 133 Å². The van der Waals surface area contributed by atoms with Gasteiger partial charge in [0.1, 0.15) is 0 Å². The molecular formula is C18H30O4. The zero-order valence-corrected chi connectivity index (χ0v) is 13.6. The van der Waals surface area contributed by atoms with Gasteiger partial charge in [-0.25, -0.2) is 0 Å². The average Bonchev–Trinajstić information content (AvgIpc) is 2.55. The number of ether oxygens (including phenoxy) is 1. The summed E-state index contributed by atoms with van der Waals surface area (Å²) in [6.07, 6.45) is 12.9. The van der Waals surface area contributed by atoms with Crippen LogP contribution in [0.2, 0.25) is 0 Å². The number of carboxylic acid groups (broad SMARTS) is 1. The Hall–Kier alpha value is -1.06. The minimum atomic E-state index is -0.937. The Morgan fingerprint density at radius 1 is 0.864 bits per heavy atom. The first-order chi connectivity index (χ1) is 10.7. The van der Waals surface area contributed by atoms with Crippen LogP contribution in [0.3, 0.4) is 0 Å². The molecule has 0 aliphatic heterocycles. The molecule has 22 heavy (non-hydrogen) atoms. The topological polar surface area (TPSA) is 63.6 Å². The van der Waals surface area contributed by atoms with Crippen LogP contribution in [0.4, 0.5) is 0 Å². The molecule has 0 spiro atoms. The van der Waals surface area contributed by atoms with Crippen molar-refractivity contribution < 1.29 is 19.4 Å². The summed E-state index contributed by atoms with van der Waals surface area (Å²) in [7, 11) is 0. The molecule has 0 saturated heterocycles. The summed E-state index contributed by atoms with van der Waals surface area (Å²) in [5.41, 5.74) is 0. The minimum Gasteiger partial charge on any atom is -0.481 e. The zero-order chi connectivity index (χ0) is 15.8. The van der Waals surface area contributed by atoms with Gasteiger partial charge >= 0.3 is 11.9 Å². The van der Waals surface area contributed by atoms with Crippen LogP contribution >= 0.6 is 0 Å². The number of esters is 1. The highest BCUT2D eigenvalue weighted by Crippen LogP contribution is 2.40. The van der Waals surface area contributed by atoms with Gasteiger partial charge < -0.3 is 9.84 Å². The molecule has 0 aromatic heterocycles. The van der Waals surface area contributed by atoms with E-state index in [1.165, 1.54) is 64.2 Å². The van der Waals surface area contributed by atoms with Gasteiger partial charge in [0.15, 0.2) is 0 Å². The third-order valence-corrected chi connectivity index (χ3v) is 5.49. The van der Waals surface area contributed by atoms with Gasteiger partial charge in [0.25, 0.3) is 0 Å². The maximum atomic E-state index is 11.7. The highest BCUT2D eigenvalue weighted by molar-refractivity contribution is 5.76. The van der Waals surface area contributed by atoms with Gasteiger partial charge in [-0.1, -0.05) is 64.2 Å². The van der Waals surface area contributed by atoms with E-state index in [0.717, 1.165) is 0 Å². The molecule has 4 nitrogen and oxygen atoms in total. The normalized spacial score (nSPS) is 21.0. The molecule has 0 heterocycles. The number of carbonyl (C=O) groups excluding carboxylic acids is 1. The lowest BCUT2D eigenvalue weighted by atomic mass is 9.70. The van der Waals surface area contributed by atoms with Gasteiger partial charge in [-0.15, -0.1) is 0 Å². The summed E-state index contributed by atoms with van der Waals surface area (Å²) in [5, 5.41) is 8.64. The van der Waals surface area contributed by atoms with Gasteiger partial charge in [0.05, 0.1) is 19.4 Å². The summed E-state index contributed by atoms with van der Waals surface area (Å²) in [6, 6.07) is 0. The largest absolute Gasteiger partial charge is 0.481 e. The molecule has 0 unspecified atom stereocenters. The molecule has 0 atom stereocenters. The lowest BCUT2D eigenvalue weighted by Crippen LogP contribution is -2.31. The summed E-state index contributed by atoms with van der Waals surface area (Å²) in [5.74, 6) is 0.606. The van der Waals surface area contributed by atoms with Crippen LogP contribution in [-0.4, -0.2) is 23.7 Å². The average molecular weight is 310 g/mol. The van der Waals surface area contributed by atoms with Gasteiger partial charge in [-0.05, 0) is 17.8 Å². The molecule has 2 aliphatic rings. The van der Waals surface area contributed by atoms with E-state index in [0.29, 0.717) is 24.4 Å². The summed E-state index contributed by atoms with van der Waals surface area (Å²) < 4.78 is 5.46. The number of rotatable bonds is 7. The second-order valence-corrected chi connectivity index (χ2v) is 7.04. The number of aliphatic carboxylic acids is 1. The fourth-order valence-electron chi connectivity index (χ4n) is 4.25. The van der Waals surface area contributed by atoms with Crippen LogP contribution in [0.15, 0.2) is 0 Å². The number of carboxylic acids is 1. The second-order valence-electron chi connectivity index (χ2n) is 7.04. The fourth-order valence-corrected chi connectivity index (χ4v) is 4.25. The Balaban J connectivity index is 1.85. The fraction of sp³-hybridized carbons (Fsp3) is 0.889. The van der Waals surface area contributed by atoms with E-state index >= 15 is 0 Å².